The van der Waals surface area contributed by atoms with Crippen LogP contribution in [0.2, 0.25) is 0 Å². The van der Waals surface area contributed by atoms with E-state index in [4.69, 9.17) is 0 Å². The molecule has 0 saturated carbocycles. The summed E-state index contributed by atoms with van der Waals surface area (Å²) >= 11 is 0. The zero-order chi connectivity index (χ0) is 25.5. The van der Waals surface area contributed by atoms with Gasteiger partial charge in [-0.3, -0.25) is 9.59 Å². The highest BCUT2D eigenvalue weighted by Gasteiger charge is 2.37. The number of alkyl halides is 3. The van der Waals surface area contributed by atoms with Crippen molar-refractivity contribution < 1.29 is 22.8 Å². The molecule has 6 rings (SSSR count). The van der Waals surface area contributed by atoms with Gasteiger partial charge in [0.2, 0.25) is 0 Å². The molecule has 2 amide bonds. The third-order valence-corrected chi connectivity index (χ3v) is 6.82. The van der Waals surface area contributed by atoms with Crippen LogP contribution in [0.3, 0.4) is 0 Å². The molecule has 0 spiro atoms. The average molecular weight is 504 g/mol. The second-order valence-corrected chi connectivity index (χ2v) is 9.41. The predicted octanol–water partition coefficient (Wildman–Crippen LogP) is 4.47. The quantitative estimate of drug-likeness (QED) is 0.574. The minimum atomic E-state index is -4.60. The number of benzene rings is 1. The monoisotopic (exact) mass is 503 g/mol. The highest BCUT2D eigenvalue weighted by atomic mass is 19.4. The number of piperazine rings is 1. The Labute approximate surface area is 209 Å². The number of hydrogen-bond donors (Lipinski definition) is 1. The lowest BCUT2D eigenvalue weighted by atomic mass is 9.98. The van der Waals surface area contributed by atoms with Crippen molar-refractivity contribution in [3.05, 3.63) is 52.7 Å². The minimum absolute atomic E-state index is 0.241. The number of anilines is 1. The lowest BCUT2D eigenvalue weighted by molar-refractivity contribution is -0.138. The van der Waals surface area contributed by atoms with Crippen molar-refractivity contribution in [1.82, 2.24) is 20.4 Å². The van der Waals surface area contributed by atoms with E-state index in [2.05, 4.69) is 15.5 Å². The van der Waals surface area contributed by atoms with Gasteiger partial charge in [0.15, 0.2) is 11.5 Å². The van der Waals surface area contributed by atoms with Crippen molar-refractivity contribution in [3.63, 3.8) is 0 Å². The van der Waals surface area contributed by atoms with Gasteiger partial charge >= 0.3 is 6.18 Å². The van der Waals surface area contributed by atoms with Crippen LogP contribution in [0.1, 0.15) is 76.9 Å². The van der Waals surface area contributed by atoms with Crippen LogP contribution in [0.4, 0.5) is 19.0 Å². The van der Waals surface area contributed by atoms with Crippen LogP contribution < -0.4 is 10.2 Å². The highest BCUT2D eigenvalue weighted by molar-refractivity contribution is 5.96. The van der Waals surface area contributed by atoms with E-state index in [1.807, 2.05) is 4.90 Å². The van der Waals surface area contributed by atoms with Crippen molar-refractivity contribution in [2.75, 3.05) is 37.6 Å². The zero-order valence-electron chi connectivity index (χ0n) is 20.3. The van der Waals surface area contributed by atoms with Gasteiger partial charge in [-0.1, -0.05) is 38.2 Å². The summed E-state index contributed by atoms with van der Waals surface area (Å²) in [4.78, 5) is 28.9. The number of carbonyl (C=O) groups excluding carboxylic acids is 2. The summed E-state index contributed by atoms with van der Waals surface area (Å²) in [6.45, 7) is 1.95. The fourth-order valence-electron chi connectivity index (χ4n) is 4.73. The maximum absolute atomic E-state index is 13.7. The topological polar surface area (TPSA) is 78.4 Å². The first-order valence-electron chi connectivity index (χ1n) is 12.7. The molecule has 1 aromatic heterocycles. The molecule has 0 radical (unpaired) electrons. The molecule has 4 aliphatic rings. The largest absolute Gasteiger partial charge is 0.417 e. The van der Waals surface area contributed by atoms with Gasteiger partial charge in [0.1, 0.15) is 0 Å². The molecule has 10 heteroatoms. The number of nitrogens with zero attached hydrogens (tertiary/aromatic N) is 4. The summed E-state index contributed by atoms with van der Waals surface area (Å²) < 4.78 is 41.1. The van der Waals surface area contributed by atoms with Crippen LogP contribution in [0, 0.1) is 0 Å². The Kier molecular flexibility index (Phi) is 8.43. The number of halogens is 3. The van der Waals surface area contributed by atoms with Crippen LogP contribution in [-0.2, 0) is 12.6 Å². The Balaban J connectivity index is 1.53. The Bertz CT molecular complexity index is 1050. The molecule has 36 heavy (non-hydrogen) atoms. The standard InChI is InChI=1S/C26H32F3N5O2/c27-26(28,29)21-10-9-19-8-6-4-2-1-3-5-7-13-30-24(35)22-11-12-23(32-31-22)33-14-16-34(17-15-33)25(36)20(21)18-19/h9-12,18H,1-8,13-17H2,(H,30,35). The molecular formula is C26H32F3N5O2. The molecule has 1 saturated heterocycles. The summed E-state index contributed by atoms with van der Waals surface area (Å²) in [5.74, 6) is -0.291. The molecule has 1 aromatic carbocycles. The maximum atomic E-state index is 13.7. The van der Waals surface area contributed by atoms with Crippen molar-refractivity contribution in [1.29, 1.82) is 0 Å². The van der Waals surface area contributed by atoms with Gasteiger partial charge in [0.05, 0.1) is 11.1 Å². The van der Waals surface area contributed by atoms with Crippen molar-refractivity contribution in [3.8, 4) is 0 Å². The second kappa shape index (κ2) is 11.7. The van der Waals surface area contributed by atoms with Crippen LogP contribution in [0.5, 0.6) is 0 Å². The van der Waals surface area contributed by atoms with Gasteiger partial charge in [-0.15, -0.1) is 10.2 Å². The molecule has 0 atom stereocenters. The van der Waals surface area contributed by atoms with Crippen LogP contribution in [-0.4, -0.2) is 59.6 Å². The summed E-state index contributed by atoms with van der Waals surface area (Å²) in [7, 11) is 0. The van der Waals surface area contributed by atoms with E-state index < -0.39 is 17.6 Å². The Morgan fingerprint density at radius 1 is 0.778 bits per heavy atom. The molecule has 194 valence electrons. The molecule has 5 heterocycles. The first-order valence-corrected chi connectivity index (χ1v) is 12.7. The van der Waals surface area contributed by atoms with Gasteiger partial charge in [-0.2, -0.15) is 13.2 Å². The Morgan fingerprint density at radius 3 is 2.11 bits per heavy atom. The summed E-state index contributed by atoms with van der Waals surface area (Å²) in [5, 5.41) is 11.1. The van der Waals surface area contributed by atoms with Crippen molar-refractivity contribution >= 4 is 17.6 Å². The van der Waals surface area contributed by atoms with E-state index in [0.29, 0.717) is 31.9 Å². The number of carbonyl (C=O) groups is 2. The number of hydrogen-bond acceptors (Lipinski definition) is 5. The summed E-state index contributed by atoms with van der Waals surface area (Å²) in [6, 6.07) is 7.30. The van der Waals surface area contributed by atoms with E-state index in [0.717, 1.165) is 56.6 Å². The highest BCUT2D eigenvalue weighted by Crippen LogP contribution is 2.33. The number of aryl methyl sites for hydroxylation is 1. The lowest BCUT2D eigenvalue weighted by Crippen LogP contribution is -2.49. The fraction of sp³-hybridized carbons (Fsp3) is 0.538. The first-order chi connectivity index (χ1) is 17.3. The minimum Gasteiger partial charge on any atom is -0.352 e. The maximum Gasteiger partial charge on any atom is 0.417 e. The van der Waals surface area contributed by atoms with Crippen LogP contribution in [0.15, 0.2) is 30.3 Å². The van der Waals surface area contributed by atoms with Crippen LogP contribution in [0.25, 0.3) is 0 Å². The van der Waals surface area contributed by atoms with E-state index >= 15 is 0 Å². The van der Waals surface area contributed by atoms with E-state index in [-0.39, 0.29) is 30.3 Å². The Morgan fingerprint density at radius 2 is 1.44 bits per heavy atom. The van der Waals surface area contributed by atoms with Gasteiger partial charge in [-0.05, 0) is 49.1 Å². The average Bonchev–Trinajstić information content (AvgIpc) is 2.88. The molecule has 4 aliphatic heterocycles. The van der Waals surface area contributed by atoms with Crippen molar-refractivity contribution in [2.45, 2.75) is 57.5 Å². The zero-order valence-corrected chi connectivity index (χ0v) is 20.3. The van der Waals surface area contributed by atoms with Crippen LogP contribution >= 0.6 is 0 Å². The van der Waals surface area contributed by atoms with E-state index in [9.17, 15) is 22.8 Å². The number of nitrogens with one attached hydrogen (secondary N) is 1. The first kappa shape index (κ1) is 25.9. The second-order valence-electron chi connectivity index (χ2n) is 9.41. The van der Waals surface area contributed by atoms with Gasteiger partial charge in [0.25, 0.3) is 11.8 Å². The molecule has 2 aromatic rings. The molecule has 1 N–H and O–H groups in total. The Hall–Kier alpha value is -3.17. The van der Waals surface area contributed by atoms with Crippen molar-refractivity contribution in [2.24, 2.45) is 0 Å². The summed E-state index contributed by atoms with van der Waals surface area (Å²) in [6.07, 6.45) is 2.99. The van der Waals surface area contributed by atoms with Gasteiger partial charge < -0.3 is 15.1 Å². The van der Waals surface area contributed by atoms with E-state index in [1.165, 1.54) is 17.0 Å². The third kappa shape index (κ3) is 6.53. The molecule has 6 bridgehead atoms. The fourth-order valence-corrected chi connectivity index (χ4v) is 4.73. The van der Waals surface area contributed by atoms with Gasteiger partial charge in [-0.25, -0.2) is 0 Å². The molecule has 0 unspecified atom stereocenters. The molecule has 1 fully saturated rings. The normalized spacial score (nSPS) is 18.9. The molecule has 7 nitrogen and oxygen atoms in total. The SMILES string of the molecule is O=C1NCCCCCCCCCc2ccc(C(F)(F)F)c(c2)C(=O)N2CCN(CC2)c2ccc1nn2. The number of rotatable bonds is 0. The van der Waals surface area contributed by atoms with Gasteiger partial charge in [0, 0.05) is 32.7 Å². The third-order valence-electron chi connectivity index (χ3n) is 6.82. The molecular weight excluding hydrogens is 471 g/mol. The number of fused-ring (bicyclic) bond motifs is 2. The number of aromatic nitrogens is 2. The van der Waals surface area contributed by atoms with E-state index in [1.54, 1.807) is 12.1 Å². The smallest absolute Gasteiger partial charge is 0.352 e. The molecule has 0 aliphatic carbocycles. The summed E-state index contributed by atoms with van der Waals surface area (Å²) in [5.41, 5.74) is -0.161. The lowest BCUT2D eigenvalue weighted by Gasteiger charge is -2.35. The number of amides is 2. The predicted molar refractivity (Wildman–Crippen MR) is 130 cm³/mol.